The Balaban J connectivity index is 1.69. The van der Waals surface area contributed by atoms with Gasteiger partial charge in [0, 0.05) is 19.1 Å². The van der Waals surface area contributed by atoms with Gasteiger partial charge >= 0.3 is 0 Å². The van der Waals surface area contributed by atoms with Crippen LogP contribution in [-0.4, -0.2) is 37.7 Å². The Kier molecular flexibility index (Phi) is 4.18. The fourth-order valence-corrected chi connectivity index (χ4v) is 2.57. The molecule has 3 unspecified atom stereocenters. The van der Waals surface area contributed by atoms with Gasteiger partial charge < -0.3 is 15.4 Å². The number of carbonyl (C=O) groups excluding carboxylic acids is 1. The van der Waals surface area contributed by atoms with Gasteiger partial charge in [-0.25, -0.2) is 0 Å². The van der Waals surface area contributed by atoms with Gasteiger partial charge in [0.25, 0.3) is 0 Å². The Labute approximate surface area is 97.1 Å². The average Bonchev–Trinajstić information content (AvgIpc) is 2.70. The monoisotopic (exact) mass is 226 g/mol. The Hall–Kier alpha value is -0.610. The van der Waals surface area contributed by atoms with Gasteiger partial charge in [-0.3, -0.25) is 4.79 Å². The van der Waals surface area contributed by atoms with Crippen molar-refractivity contribution in [1.29, 1.82) is 0 Å². The maximum absolute atomic E-state index is 11.8. The number of amides is 1. The molecule has 4 nitrogen and oxygen atoms in total. The van der Waals surface area contributed by atoms with Crippen LogP contribution in [-0.2, 0) is 9.53 Å². The maximum atomic E-state index is 11.8. The molecule has 1 amide bonds. The molecule has 0 saturated carbocycles. The van der Waals surface area contributed by atoms with E-state index >= 15 is 0 Å². The van der Waals surface area contributed by atoms with Crippen molar-refractivity contribution in [1.82, 2.24) is 10.6 Å². The van der Waals surface area contributed by atoms with Crippen LogP contribution in [0.2, 0.25) is 0 Å². The molecule has 2 aliphatic rings. The zero-order valence-electron chi connectivity index (χ0n) is 10.00. The Morgan fingerprint density at radius 2 is 2.38 bits per heavy atom. The molecule has 2 N–H and O–H groups in total. The van der Waals surface area contributed by atoms with Gasteiger partial charge in [-0.15, -0.1) is 0 Å². The van der Waals surface area contributed by atoms with E-state index in [2.05, 4.69) is 17.6 Å². The van der Waals surface area contributed by atoms with Crippen LogP contribution in [0.15, 0.2) is 0 Å². The molecule has 0 spiro atoms. The zero-order valence-corrected chi connectivity index (χ0v) is 10.00. The van der Waals surface area contributed by atoms with Crippen LogP contribution in [0.25, 0.3) is 0 Å². The molecule has 2 aliphatic heterocycles. The summed E-state index contributed by atoms with van der Waals surface area (Å²) in [6.07, 6.45) is 4.01. The molecule has 3 atom stereocenters. The highest BCUT2D eigenvalue weighted by Gasteiger charge is 2.23. The molecule has 0 aliphatic carbocycles. The first-order valence-electron chi connectivity index (χ1n) is 6.35. The van der Waals surface area contributed by atoms with E-state index < -0.39 is 0 Å². The summed E-state index contributed by atoms with van der Waals surface area (Å²) < 4.78 is 5.46. The third kappa shape index (κ3) is 3.46. The highest BCUT2D eigenvalue weighted by molar-refractivity contribution is 5.76. The molecule has 2 saturated heterocycles. The topological polar surface area (TPSA) is 50.4 Å². The molecule has 2 fully saturated rings. The van der Waals surface area contributed by atoms with Crippen molar-refractivity contribution in [3.8, 4) is 0 Å². The van der Waals surface area contributed by atoms with Crippen LogP contribution in [0.5, 0.6) is 0 Å². The van der Waals surface area contributed by atoms with Crippen molar-refractivity contribution in [3.63, 3.8) is 0 Å². The number of hydrogen-bond acceptors (Lipinski definition) is 3. The summed E-state index contributed by atoms with van der Waals surface area (Å²) in [6, 6.07) is 0.325. The molecule has 0 aromatic rings. The first kappa shape index (κ1) is 11.9. The van der Waals surface area contributed by atoms with Gasteiger partial charge in [0.15, 0.2) is 0 Å². The number of carbonyl (C=O) groups is 1. The predicted molar refractivity (Wildman–Crippen MR) is 62.2 cm³/mol. The largest absolute Gasteiger partial charge is 0.378 e. The lowest BCUT2D eigenvalue weighted by molar-refractivity contribution is -0.123. The van der Waals surface area contributed by atoms with Crippen LogP contribution in [0.4, 0.5) is 0 Å². The van der Waals surface area contributed by atoms with Gasteiger partial charge in [-0.05, 0) is 45.2 Å². The van der Waals surface area contributed by atoms with Crippen molar-refractivity contribution in [2.45, 2.75) is 44.8 Å². The molecule has 0 bridgehead atoms. The summed E-state index contributed by atoms with van der Waals surface area (Å²) in [5.74, 6) is 0.755. The fourth-order valence-electron chi connectivity index (χ4n) is 2.57. The van der Waals surface area contributed by atoms with Crippen molar-refractivity contribution in [2.24, 2.45) is 5.92 Å². The molecule has 16 heavy (non-hydrogen) atoms. The Bertz CT molecular complexity index is 239. The van der Waals surface area contributed by atoms with Crippen molar-refractivity contribution < 1.29 is 9.53 Å². The molecule has 0 aromatic carbocycles. The lowest BCUT2D eigenvalue weighted by Crippen LogP contribution is -2.41. The Morgan fingerprint density at radius 1 is 1.50 bits per heavy atom. The van der Waals surface area contributed by atoms with E-state index in [1.807, 2.05) is 0 Å². The van der Waals surface area contributed by atoms with Crippen LogP contribution in [0, 0.1) is 5.92 Å². The number of hydrogen-bond donors (Lipinski definition) is 2. The highest BCUT2D eigenvalue weighted by Crippen LogP contribution is 2.15. The fraction of sp³-hybridized carbons (Fsp3) is 0.917. The Morgan fingerprint density at radius 3 is 3.06 bits per heavy atom. The second-order valence-electron chi connectivity index (χ2n) is 5.03. The summed E-state index contributed by atoms with van der Waals surface area (Å²) in [4.78, 5) is 11.8. The van der Waals surface area contributed by atoms with Crippen LogP contribution < -0.4 is 10.6 Å². The first-order valence-corrected chi connectivity index (χ1v) is 6.35. The van der Waals surface area contributed by atoms with Crippen LogP contribution >= 0.6 is 0 Å². The minimum absolute atomic E-state index is 0.216. The van der Waals surface area contributed by atoms with Crippen molar-refractivity contribution >= 4 is 5.91 Å². The molecule has 92 valence electrons. The lowest BCUT2D eigenvalue weighted by Gasteiger charge is -2.28. The van der Waals surface area contributed by atoms with E-state index in [1.165, 1.54) is 0 Å². The molecular weight excluding hydrogens is 204 g/mol. The summed E-state index contributed by atoms with van der Waals surface area (Å²) >= 11 is 0. The minimum Gasteiger partial charge on any atom is -0.378 e. The second-order valence-corrected chi connectivity index (χ2v) is 5.03. The number of nitrogens with one attached hydrogen (secondary N) is 2. The lowest BCUT2D eigenvalue weighted by atomic mass is 10.0. The smallest absolute Gasteiger partial charge is 0.220 e. The summed E-state index contributed by atoms with van der Waals surface area (Å²) in [6.45, 7) is 4.90. The van der Waals surface area contributed by atoms with E-state index in [0.29, 0.717) is 18.4 Å². The molecule has 2 heterocycles. The standard InChI is InChI=1S/C12H22N2O2/c1-9-6-11(3-5-16-9)14-12(15)7-10-2-4-13-8-10/h9-11,13H,2-8H2,1H3,(H,14,15). The minimum atomic E-state index is 0.216. The van der Waals surface area contributed by atoms with Crippen molar-refractivity contribution in [3.05, 3.63) is 0 Å². The highest BCUT2D eigenvalue weighted by atomic mass is 16.5. The van der Waals surface area contributed by atoms with Gasteiger partial charge in [0.05, 0.1) is 6.10 Å². The predicted octanol–water partition coefficient (Wildman–Crippen LogP) is 0.670. The summed E-state index contributed by atoms with van der Waals surface area (Å²) in [5, 5.41) is 6.42. The van der Waals surface area contributed by atoms with E-state index in [1.54, 1.807) is 0 Å². The average molecular weight is 226 g/mol. The van der Waals surface area contributed by atoms with Gasteiger partial charge in [0.1, 0.15) is 0 Å². The molecule has 0 aromatic heterocycles. The van der Waals surface area contributed by atoms with Gasteiger partial charge in [0.2, 0.25) is 5.91 Å². The quantitative estimate of drug-likeness (QED) is 0.743. The number of ether oxygens (including phenoxy) is 1. The zero-order chi connectivity index (χ0) is 11.4. The summed E-state index contributed by atoms with van der Waals surface area (Å²) in [7, 11) is 0. The van der Waals surface area contributed by atoms with Gasteiger partial charge in [-0.2, -0.15) is 0 Å². The normalized spacial score (nSPS) is 34.9. The molecular formula is C12H22N2O2. The van der Waals surface area contributed by atoms with E-state index in [0.717, 1.165) is 39.0 Å². The van der Waals surface area contributed by atoms with E-state index in [-0.39, 0.29) is 12.0 Å². The van der Waals surface area contributed by atoms with E-state index in [4.69, 9.17) is 4.74 Å². The van der Waals surface area contributed by atoms with Crippen molar-refractivity contribution in [2.75, 3.05) is 19.7 Å². The first-order chi connectivity index (χ1) is 7.74. The van der Waals surface area contributed by atoms with Crippen LogP contribution in [0.1, 0.15) is 32.6 Å². The molecule has 2 rings (SSSR count). The molecule has 4 heteroatoms. The molecule has 0 radical (unpaired) electrons. The third-order valence-corrected chi connectivity index (χ3v) is 3.49. The third-order valence-electron chi connectivity index (χ3n) is 3.49. The summed E-state index contributed by atoms with van der Waals surface area (Å²) in [5.41, 5.74) is 0. The van der Waals surface area contributed by atoms with Crippen LogP contribution in [0.3, 0.4) is 0 Å². The number of rotatable bonds is 3. The second kappa shape index (κ2) is 5.64. The SMILES string of the molecule is CC1CC(NC(=O)CC2CCNC2)CCO1. The van der Waals surface area contributed by atoms with Gasteiger partial charge in [-0.1, -0.05) is 0 Å². The van der Waals surface area contributed by atoms with E-state index in [9.17, 15) is 4.79 Å². The maximum Gasteiger partial charge on any atom is 0.220 e.